The van der Waals surface area contributed by atoms with Crippen molar-refractivity contribution in [2.45, 2.75) is 44.2 Å². The molecule has 0 amide bonds. The van der Waals surface area contributed by atoms with E-state index >= 15 is 4.39 Å². The van der Waals surface area contributed by atoms with E-state index in [9.17, 15) is 0 Å². The molecule has 2 atom stereocenters. The summed E-state index contributed by atoms with van der Waals surface area (Å²) >= 11 is 0. The van der Waals surface area contributed by atoms with Crippen LogP contribution in [-0.4, -0.2) is 28.4 Å². The van der Waals surface area contributed by atoms with Crippen LogP contribution in [0.3, 0.4) is 0 Å². The Bertz CT molecular complexity index is 1030. The molecule has 3 heterocycles. The standard InChI is InChI=1S/C21H22FN3O/c1-20(2)19-21(3,8-9-26-19)14-10-13(15(22)11-17(14)23-20)18-12-6-4-5-7-16(12)24-25-18/h4-7,10-11,19,23H,8-9H2,1-3H3,(H,24,25). The molecular formula is C21H22FN3O. The molecule has 2 unspecified atom stereocenters. The fraction of sp³-hybridized carbons (Fsp3) is 0.381. The van der Waals surface area contributed by atoms with Gasteiger partial charge >= 0.3 is 0 Å². The van der Waals surface area contributed by atoms with Crippen molar-refractivity contribution < 1.29 is 9.13 Å². The maximum absolute atomic E-state index is 15.1. The molecule has 4 nitrogen and oxygen atoms in total. The zero-order valence-corrected chi connectivity index (χ0v) is 15.2. The zero-order chi connectivity index (χ0) is 18.1. The molecule has 1 saturated heterocycles. The first-order valence-corrected chi connectivity index (χ1v) is 9.07. The summed E-state index contributed by atoms with van der Waals surface area (Å²) in [5.41, 5.74) is 3.69. The van der Waals surface area contributed by atoms with E-state index in [0.29, 0.717) is 11.3 Å². The third-order valence-electron chi connectivity index (χ3n) is 6.04. The van der Waals surface area contributed by atoms with Gasteiger partial charge in [-0.1, -0.05) is 25.1 Å². The van der Waals surface area contributed by atoms with Crippen LogP contribution in [0.25, 0.3) is 22.2 Å². The minimum atomic E-state index is -0.259. The Morgan fingerprint density at radius 1 is 1.19 bits per heavy atom. The fourth-order valence-corrected chi connectivity index (χ4v) is 4.90. The monoisotopic (exact) mass is 351 g/mol. The number of para-hydroxylation sites is 1. The first kappa shape index (κ1) is 15.8. The summed E-state index contributed by atoms with van der Waals surface area (Å²) in [4.78, 5) is 0. The highest BCUT2D eigenvalue weighted by Gasteiger charge is 2.53. The second-order valence-corrected chi connectivity index (χ2v) is 8.26. The second-order valence-electron chi connectivity index (χ2n) is 8.26. The van der Waals surface area contributed by atoms with Gasteiger partial charge in [-0.3, -0.25) is 5.10 Å². The number of aromatic amines is 1. The van der Waals surface area contributed by atoms with Crippen LogP contribution < -0.4 is 5.32 Å². The number of rotatable bonds is 1. The zero-order valence-electron chi connectivity index (χ0n) is 15.2. The molecule has 1 fully saturated rings. The molecule has 1 aromatic heterocycles. The van der Waals surface area contributed by atoms with E-state index in [0.717, 1.165) is 35.2 Å². The van der Waals surface area contributed by atoms with E-state index < -0.39 is 0 Å². The van der Waals surface area contributed by atoms with Crippen molar-refractivity contribution in [3.63, 3.8) is 0 Å². The summed E-state index contributed by atoms with van der Waals surface area (Å²) in [6.45, 7) is 7.20. The number of hydrogen-bond acceptors (Lipinski definition) is 3. The quantitative estimate of drug-likeness (QED) is 0.673. The molecule has 5 rings (SSSR count). The summed E-state index contributed by atoms with van der Waals surface area (Å²) in [5.74, 6) is -0.259. The van der Waals surface area contributed by atoms with Gasteiger partial charge in [0.05, 0.1) is 17.2 Å². The van der Waals surface area contributed by atoms with E-state index in [1.54, 1.807) is 6.07 Å². The smallest absolute Gasteiger partial charge is 0.134 e. The molecule has 26 heavy (non-hydrogen) atoms. The number of H-pyrrole nitrogens is 1. The van der Waals surface area contributed by atoms with Gasteiger partial charge in [0.2, 0.25) is 0 Å². The summed E-state index contributed by atoms with van der Waals surface area (Å²) in [6.07, 6.45) is 0.985. The summed E-state index contributed by atoms with van der Waals surface area (Å²) in [5, 5.41) is 11.8. The predicted molar refractivity (Wildman–Crippen MR) is 101 cm³/mol. The molecule has 2 N–H and O–H groups in total. The van der Waals surface area contributed by atoms with Gasteiger partial charge < -0.3 is 10.1 Å². The Morgan fingerprint density at radius 3 is 2.85 bits per heavy atom. The van der Waals surface area contributed by atoms with Crippen molar-refractivity contribution in [1.82, 2.24) is 10.2 Å². The van der Waals surface area contributed by atoms with Gasteiger partial charge in [0.25, 0.3) is 0 Å². The van der Waals surface area contributed by atoms with Gasteiger partial charge in [0.15, 0.2) is 0 Å². The Balaban J connectivity index is 1.74. The van der Waals surface area contributed by atoms with E-state index in [-0.39, 0.29) is 22.9 Å². The van der Waals surface area contributed by atoms with Crippen LogP contribution in [0.5, 0.6) is 0 Å². The average Bonchev–Trinajstić information content (AvgIpc) is 3.19. The highest BCUT2D eigenvalue weighted by Crippen LogP contribution is 2.51. The predicted octanol–water partition coefficient (Wildman–Crippen LogP) is 4.62. The van der Waals surface area contributed by atoms with Gasteiger partial charge in [-0.25, -0.2) is 4.39 Å². The van der Waals surface area contributed by atoms with E-state index in [4.69, 9.17) is 4.74 Å². The molecule has 2 aliphatic heterocycles. The van der Waals surface area contributed by atoms with Crippen molar-refractivity contribution in [3.05, 3.63) is 47.8 Å². The average molecular weight is 351 g/mol. The number of ether oxygens (including phenoxy) is 1. The van der Waals surface area contributed by atoms with Crippen molar-refractivity contribution in [2.75, 3.05) is 11.9 Å². The van der Waals surface area contributed by atoms with Crippen LogP contribution in [0, 0.1) is 5.82 Å². The number of benzene rings is 2. The van der Waals surface area contributed by atoms with Crippen molar-refractivity contribution in [3.8, 4) is 11.3 Å². The Hall–Kier alpha value is -2.40. The number of fused-ring (bicyclic) bond motifs is 4. The number of anilines is 1. The third kappa shape index (κ3) is 2.01. The van der Waals surface area contributed by atoms with E-state index in [1.165, 1.54) is 0 Å². The maximum Gasteiger partial charge on any atom is 0.134 e. The van der Waals surface area contributed by atoms with Crippen LogP contribution in [0.1, 0.15) is 32.8 Å². The summed E-state index contributed by atoms with van der Waals surface area (Å²) in [7, 11) is 0. The first-order chi connectivity index (χ1) is 12.4. The lowest BCUT2D eigenvalue weighted by atomic mass is 9.67. The number of aromatic nitrogens is 2. The van der Waals surface area contributed by atoms with Gasteiger partial charge in [-0.15, -0.1) is 0 Å². The lowest BCUT2D eigenvalue weighted by Crippen LogP contribution is -2.56. The van der Waals surface area contributed by atoms with Gasteiger partial charge in [-0.2, -0.15) is 5.10 Å². The maximum atomic E-state index is 15.1. The Morgan fingerprint density at radius 2 is 2.00 bits per heavy atom. The molecule has 0 bridgehead atoms. The SMILES string of the molecule is CC1(C)Nc2cc(F)c(-c3n[nH]c4ccccc34)cc2C2(C)CCOC12. The molecule has 0 aliphatic carbocycles. The fourth-order valence-electron chi connectivity index (χ4n) is 4.90. The Kier molecular flexibility index (Phi) is 3.09. The largest absolute Gasteiger partial charge is 0.377 e. The lowest BCUT2D eigenvalue weighted by Gasteiger charge is -2.48. The molecule has 0 spiro atoms. The van der Waals surface area contributed by atoms with Gasteiger partial charge in [-0.05, 0) is 44.0 Å². The van der Waals surface area contributed by atoms with Crippen LogP contribution >= 0.6 is 0 Å². The van der Waals surface area contributed by atoms with E-state index in [1.807, 2.05) is 30.3 Å². The topological polar surface area (TPSA) is 49.9 Å². The molecule has 3 aromatic rings. The van der Waals surface area contributed by atoms with Crippen molar-refractivity contribution in [1.29, 1.82) is 0 Å². The van der Waals surface area contributed by atoms with Gasteiger partial charge in [0, 0.05) is 28.7 Å². The van der Waals surface area contributed by atoms with Gasteiger partial charge in [0.1, 0.15) is 11.5 Å². The molecule has 134 valence electrons. The number of nitrogens with one attached hydrogen (secondary N) is 2. The molecule has 0 radical (unpaired) electrons. The molecular weight excluding hydrogens is 329 g/mol. The minimum absolute atomic E-state index is 0.0525. The molecule has 5 heteroatoms. The normalized spacial score (nSPS) is 26.4. The van der Waals surface area contributed by atoms with Crippen molar-refractivity contribution >= 4 is 16.6 Å². The minimum Gasteiger partial charge on any atom is -0.377 e. The summed E-state index contributed by atoms with van der Waals surface area (Å²) < 4.78 is 21.1. The second kappa shape index (κ2) is 5.07. The number of nitrogens with zero attached hydrogens (tertiary/aromatic N) is 1. The first-order valence-electron chi connectivity index (χ1n) is 9.07. The Labute approximate surface area is 151 Å². The van der Waals surface area contributed by atoms with Crippen molar-refractivity contribution in [2.24, 2.45) is 0 Å². The molecule has 2 aromatic carbocycles. The molecule has 2 aliphatic rings. The number of hydrogen-bond donors (Lipinski definition) is 2. The summed E-state index contributed by atoms with van der Waals surface area (Å²) in [6, 6.07) is 11.4. The molecule has 0 saturated carbocycles. The highest BCUT2D eigenvalue weighted by atomic mass is 19.1. The lowest BCUT2D eigenvalue weighted by molar-refractivity contribution is 0.0352. The van der Waals surface area contributed by atoms with Crippen LogP contribution in [-0.2, 0) is 10.2 Å². The van der Waals surface area contributed by atoms with Crippen LogP contribution in [0.2, 0.25) is 0 Å². The third-order valence-corrected chi connectivity index (χ3v) is 6.04. The van der Waals surface area contributed by atoms with E-state index in [2.05, 4.69) is 36.3 Å². The highest BCUT2D eigenvalue weighted by molar-refractivity contribution is 5.93. The van der Waals surface area contributed by atoms with Crippen LogP contribution in [0.4, 0.5) is 10.1 Å². The van der Waals surface area contributed by atoms with Crippen LogP contribution in [0.15, 0.2) is 36.4 Å². The number of halogens is 1.